The SMILES string of the molecule is CCCNC1CC(N)[C@@H](O[C@H]2OC([C@@H](C)O)[C@@H](O)C(O)[C@@H]2N)C(O)=C1O. The Morgan fingerprint density at radius 1 is 1.23 bits per heavy atom. The second-order valence-corrected chi connectivity index (χ2v) is 7.00. The number of nitrogens with two attached hydrogens (primary N) is 2. The topological polar surface area (TPSA) is 184 Å². The largest absolute Gasteiger partial charge is 0.507 e. The quantitative estimate of drug-likeness (QED) is 0.256. The average Bonchev–Trinajstić information content (AvgIpc) is 2.60. The van der Waals surface area contributed by atoms with E-state index in [1.807, 2.05) is 6.92 Å². The first-order chi connectivity index (χ1) is 12.2. The molecule has 0 aromatic carbocycles. The first-order valence-electron chi connectivity index (χ1n) is 8.90. The summed E-state index contributed by atoms with van der Waals surface area (Å²) in [4.78, 5) is 0. The second-order valence-electron chi connectivity index (χ2n) is 7.00. The third kappa shape index (κ3) is 4.29. The van der Waals surface area contributed by atoms with Crippen LogP contribution >= 0.6 is 0 Å². The smallest absolute Gasteiger partial charge is 0.176 e. The molecular weight excluding hydrogens is 346 g/mol. The minimum Gasteiger partial charge on any atom is -0.507 e. The molecule has 2 rings (SSSR count). The van der Waals surface area contributed by atoms with Crippen molar-refractivity contribution in [3.05, 3.63) is 11.5 Å². The van der Waals surface area contributed by atoms with E-state index < -0.39 is 60.7 Å². The predicted molar refractivity (Wildman–Crippen MR) is 92.2 cm³/mol. The lowest BCUT2D eigenvalue weighted by atomic mass is 9.91. The fourth-order valence-corrected chi connectivity index (χ4v) is 3.27. The molecule has 152 valence electrons. The van der Waals surface area contributed by atoms with Gasteiger partial charge in [0.05, 0.1) is 18.2 Å². The molecule has 0 bridgehead atoms. The Morgan fingerprint density at radius 3 is 2.46 bits per heavy atom. The van der Waals surface area contributed by atoms with Crippen molar-refractivity contribution in [2.45, 2.75) is 81.6 Å². The summed E-state index contributed by atoms with van der Waals surface area (Å²) in [6.07, 6.45) is -6.15. The second kappa shape index (κ2) is 8.81. The van der Waals surface area contributed by atoms with E-state index in [1.165, 1.54) is 6.92 Å². The van der Waals surface area contributed by atoms with E-state index >= 15 is 0 Å². The van der Waals surface area contributed by atoms with Crippen molar-refractivity contribution in [3.8, 4) is 0 Å². The van der Waals surface area contributed by atoms with Gasteiger partial charge >= 0.3 is 0 Å². The van der Waals surface area contributed by atoms with Gasteiger partial charge in [0.25, 0.3) is 0 Å². The highest BCUT2D eigenvalue weighted by molar-refractivity contribution is 5.19. The van der Waals surface area contributed by atoms with Gasteiger partial charge in [-0.15, -0.1) is 0 Å². The first-order valence-corrected chi connectivity index (χ1v) is 8.90. The van der Waals surface area contributed by atoms with Crippen LogP contribution in [0, 0.1) is 0 Å². The standard InChI is InChI=1S/C16H31N3O7/c1-3-4-19-8-5-7(17)15(12(23)10(8)21)26-16-9(18)11(22)13(24)14(25-16)6(2)20/h6-9,11,13-16,19-24H,3-5,17-18H2,1-2H3/t6-,7?,8?,9+,11?,13+,14?,15-,16-/m1/s1. The van der Waals surface area contributed by atoms with Crippen molar-refractivity contribution >= 4 is 0 Å². The molecule has 1 fully saturated rings. The van der Waals surface area contributed by atoms with Gasteiger partial charge in [-0.05, 0) is 26.3 Å². The van der Waals surface area contributed by atoms with Gasteiger partial charge in [-0.1, -0.05) is 6.92 Å². The van der Waals surface area contributed by atoms with Crippen LogP contribution in [0.3, 0.4) is 0 Å². The summed E-state index contributed by atoms with van der Waals surface area (Å²) in [7, 11) is 0. The van der Waals surface area contributed by atoms with Crippen LogP contribution in [0.25, 0.3) is 0 Å². The zero-order chi connectivity index (χ0) is 19.6. The summed E-state index contributed by atoms with van der Waals surface area (Å²) < 4.78 is 11.1. The molecule has 2 aliphatic rings. The van der Waals surface area contributed by atoms with Gasteiger partial charge in [-0.2, -0.15) is 0 Å². The van der Waals surface area contributed by atoms with Gasteiger partial charge in [-0.25, -0.2) is 0 Å². The van der Waals surface area contributed by atoms with Gasteiger partial charge in [-0.3, -0.25) is 0 Å². The fourth-order valence-electron chi connectivity index (χ4n) is 3.27. The predicted octanol–water partition coefficient (Wildman–Crippen LogP) is -2.05. The summed E-state index contributed by atoms with van der Waals surface area (Å²) >= 11 is 0. The van der Waals surface area contributed by atoms with Crippen molar-refractivity contribution in [2.75, 3.05) is 6.54 Å². The van der Waals surface area contributed by atoms with Crippen LogP contribution in [0.1, 0.15) is 26.7 Å². The van der Waals surface area contributed by atoms with Crippen molar-refractivity contribution in [1.82, 2.24) is 5.32 Å². The third-order valence-electron chi connectivity index (χ3n) is 4.84. The number of hydrogen-bond acceptors (Lipinski definition) is 10. The van der Waals surface area contributed by atoms with E-state index in [4.69, 9.17) is 20.9 Å². The molecule has 1 heterocycles. The molecule has 1 saturated heterocycles. The summed E-state index contributed by atoms with van der Waals surface area (Å²) in [6, 6.07) is -2.27. The molecular formula is C16H31N3O7. The maximum Gasteiger partial charge on any atom is 0.176 e. The molecule has 0 radical (unpaired) electrons. The highest BCUT2D eigenvalue weighted by atomic mass is 16.7. The van der Waals surface area contributed by atoms with E-state index in [0.717, 1.165) is 6.42 Å². The van der Waals surface area contributed by atoms with Gasteiger partial charge in [0.15, 0.2) is 12.0 Å². The van der Waals surface area contributed by atoms with E-state index in [0.29, 0.717) is 13.0 Å². The molecule has 0 spiro atoms. The molecule has 10 heteroatoms. The lowest BCUT2D eigenvalue weighted by molar-refractivity contribution is -0.287. The molecule has 10 N–H and O–H groups in total. The summed E-state index contributed by atoms with van der Waals surface area (Å²) in [6.45, 7) is 4.02. The number of ether oxygens (including phenoxy) is 2. The van der Waals surface area contributed by atoms with Crippen molar-refractivity contribution < 1.29 is 35.0 Å². The molecule has 4 unspecified atom stereocenters. The molecule has 1 aliphatic carbocycles. The average molecular weight is 377 g/mol. The van der Waals surface area contributed by atoms with Crippen LogP contribution < -0.4 is 16.8 Å². The molecule has 0 aromatic rings. The number of nitrogens with one attached hydrogen (secondary N) is 1. The minimum absolute atomic E-state index is 0.262. The van der Waals surface area contributed by atoms with Crippen LogP contribution in [0.15, 0.2) is 11.5 Å². The molecule has 9 atom stereocenters. The van der Waals surface area contributed by atoms with Crippen molar-refractivity contribution in [3.63, 3.8) is 0 Å². The lowest BCUT2D eigenvalue weighted by Gasteiger charge is -2.44. The Kier molecular flexibility index (Phi) is 7.22. The highest BCUT2D eigenvalue weighted by Gasteiger charge is 2.47. The van der Waals surface area contributed by atoms with Crippen molar-refractivity contribution in [2.24, 2.45) is 11.5 Å². The lowest BCUT2D eigenvalue weighted by Crippen LogP contribution is -2.65. The molecule has 0 amide bonds. The molecule has 26 heavy (non-hydrogen) atoms. The molecule has 10 nitrogen and oxygen atoms in total. The van der Waals surface area contributed by atoms with E-state index in [2.05, 4.69) is 5.32 Å². The van der Waals surface area contributed by atoms with Gasteiger partial charge in [0, 0.05) is 6.04 Å². The number of rotatable bonds is 6. The Bertz CT molecular complexity index is 504. The van der Waals surface area contributed by atoms with Crippen LogP contribution in [-0.4, -0.2) is 87.0 Å². The van der Waals surface area contributed by atoms with Gasteiger partial charge in [0.2, 0.25) is 0 Å². The maximum absolute atomic E-state index is 10.3. The van der Waals surface area contributed by atoms with E-state index in [9.17, 15) is 25.5 Å². The first kappa shape index (κ1) is 21.3. The zero-order valence-corrected chi connectivity index (χ0v) is 15.0. The normalized spacial score (nSPS) is 42.7. The highest BCUT2D eigenvalue weighted by Crippen LogP contribution is 2.29. The van der Waals surface area contributed by atoms with Crippen LogP contribution in [-0.2, 0) is 9.47 Å². The number of aliphatic hydroxyl groups excluding tert-OH is 5. The zero-order valence-electron chi connectivity index (χ0n) is 15.0. The Hall–Kier alpha value is -0.980. The minimum atomic E-state index is -1.40. The van der Waals surface area contributed by atoms with Crippen LogP contribution in [0.5, 0.6) is 0 Å². The van der Waals surface area contributed by atoms with Gasteiger partial charge < -0.3 is 51.8 Å². The Balaban J connectivity index is 2.14. The Labute approximate surface area is 152 Å². The number of hydrogen-bond donors (Lipinski definition) is 8. The molecule has 0 aromatic heterocycles. The third-order valence-corrected chi connectivity index (χ3v) is 4.84. The van der Waals surface area contributed by atoms with Crippen molar-refractivity contribution in [1.29, 1.82) is 0 Å². The van der Waals surface area contributed by atoms with E-state index in [1.54, 1.807) is 0 Å². The number of aliphatic hydroxyl groups is 5. The van der Waals surface area contributed by atoms with Crippen LogP contribution in [0.4, 0.5) is 0 Å². The summed E-state index contributed by atoms with van der Waals surface area (Å²) in [5.41, 5.74) is 11.9. The van der Waals surface area contributed by atoms with E-state index in [-0.39, 0.29) is 5.76 Å². The fraction of sp³-hybridized carbons (Fsp3) is 0.875. The van der Waals surface area contributed by atoms with Crippen LogP contribution in [0.2, 0.25) is 0 Å². The maximum atomic E-state index is 10.3. The Morgan fingerprint density at radius 2 is 1.88 bits per heavy atom. The molecule has 0 saturated carbocycles. The monoisotopic (exact) mass is 377 g/mol. The summed E-state index contributed by atoms with van der Waals surface area (Å²) in [5.74, 6) is -0.690. The molecule has 1 aliphatic heterocycles. The van der Waals surface area contributed by atoms with Gasteiger partial charge in [0.1, 0.15) is 30.2 Å². The summed E-state index contributed by atoms with van der Waals surface area (Å²) in [5, 5.41) is 53.4.